The Morgan fingerprint density at radius 2 is 1.81 bits per heavy atom. The first-order valence-electron chi connectivity index (χ1n) is 8.61. The third kappa shape index (κ3) is 2.92. The maximum atomic E-state index is 13.9. The number of ether oxygens (including phenoxy) is 1. The van der Waals surface area contributed by atoms with Crippen LogP contribution in [-0.4, -0.2) is 35.5 Å². The SMILES string of the molecule is CCOc1ccc(N2C(=O)[C@@H]3N=NN(Cc4ccccc4F)[C@H]3C2=O)cc1. The number of imide groups is 1. The van der Waals surface area contributed by atoms with Gasteiger partial charge >= 0.3 is 0 Å². The Labute approximate surface area is 155 Å². The van der Waals surface area contributed by atoms with Crippen molar-refractivity contribution in [2.75, 3.05) is 11.5 Å². The molecule has 2 aromatic rings. The van der Waals surface area contributed by atoms with Crippen LogP contribution in [-0.2, 0) is 16.1 Å². The van der Waals surface area contributed by atoms with Crippen LogP contribution >= 0.6 is 0 Å². The molecule has 2 aliphatic heterocycles. The van der Waals surface area contributed by atoms with Crippen molar-refractivity contribution in [1.29, 1.82) is 0 Å². The predicted octanol–water partition coefficient (Wildman–Crippen LogP) is 2.72. The van der Waals surface area contributed by atoms with Gasteiger partial charge in [0.25, 0.3) is 11.8 Å². The third-order valence-corrected chi connectivity index (χ3v) is 4.55. The fraction of sp³-hybridized carbons (Fsp3) is 0.263. The number of fused-ring (bicyclic) bond motifs is 1. The van der Waals surface area contributed by atoms with E-state index in [1.54, 1.807) is 42.5 Å². The summed E-state index contributed by atoms with van der Waals surface area (Å²) in [7, 11) is 0. The number of hydrogen-bond acceptors (Lipinski definition) is 6. The van der Waals surface area contributed by atoms with Gasteiger partial charge in [0.2, 0.25) is 0 Å². The van der Waals surface area contributed by atoms with Crippen LogP contribution in [0.3, 0.4) is 0 Å². The maximum Gasteiger partial charge on any atom is 0.263 e. The summed E-state index contributed by atoms with van der Waals surface area (Å²) < 4.78 is 19.3. The van der Waals surface area contributed by atoms with Crippen molar-refractivity contribution in [3.63, 3.8) is 0 Å². The molecule has 2 heterocycles. The summed E-state index contributed by atoms with van der Waals surface area (Å²) in [6, 6.07) is 11.2. The number of anilines is 1. The van der Waals surface area contributed by atoms with Crippen LogP contribution in [0.2, 0.25) is 0 Å². The summed E-state index contributed by atoms with van der Waals surface area (Å²) in [6.07, 6.45) is 0. The molecule has 2 amide bonds. The van der Waals surface area contributed by atoms with Crippen LogP contribution in [0.5, 0.6) is 5.75 Å². The van der Waals surface area contributed by atoms with Crippen LogP contribution < -0.4 is 9.64 Å². The van der Waals surface area contributed by atoms with Gasteiger partial charge in [-0.1, -0.05) is 23.4 Å². The second-order valence-corrected chi connectivity index (χ2v) is 6.22. The minimum atomic E-state index is -0.907. The summed E-state index contributed by atoms with van der Waals surface area (Å²) in [5, 5.41) is 9.25. The van der Waals surface area contributed by atoms with E-state index in [0.717, 1.165) is 4.90 Å². The fourth-order valence-electron chi connectivity index (χ4n) is 3.27. The number of rotatable bonds is 5. The number of carbonyl (C=O) groups excluding carboxylic acids is 2. The number of amides is 2. The lowest BCUT2D eigenvalue weighted by atomic mass is 10.1. The van der Waals surface area contributed by atoms with Crippen LogP contribution in [0.25, 0.3) is 0 Å². The highest BCUT2D eigenvalue weighted by molar-refractivity contribution is 6.25. The molecular formula is C19H17FN4O3. The van der Waals surface area contributed by atoms with E-state index in [0.29, 0.717) is 23.6 Å². The van der Waals surface area contributed by atoms with Crippen molar-refractivity contribution in [3.8, 4) is 5.75 Å². The first-order chi connectivity index (χ1) is 13.1. The molecule has 1 fully saturated rings. The van der Waals surface area contributed by atoms with E-state index in [2.05, 4.69) is 10.3 Å². The second kappa shape index (κ2) is 6.79. The van der Waals surface area contributed by atoms with E-state index in [4.69, 9.17) is 4.74 Å². The quantitative estimate of drug-likeness (QED) is 0.761. The van der Waals surface area contributed by atoms with E-state index in [9.17, 15) is 14.0 Å². The number of benzene rings is 2. The lowest BCUT2D eigenvalue weighted by Gasteiger charge is -2.21. The lowest BCUT2D eigenvalue weighted by molar-refractivity contribution is -0.123. The van der Waals surface area contributed by atoms with Gasteiger partial charge in [-0.2, -0.15) is 5.11 Å². The molecule has 0 bridgehead atoms. The molecule has 8 heteroatoms. The first kappa shape index (κ1) is 17.1. The van der Waals surface area contributed by atoms with Gasteiger partial charge in [-0.05, 0) is 37.3 Å². The Kier molecular flexibility index (Phi) is 4.31. The van der Waals surface area contributed by atoms with Crippen molar-refractivity contribution in [3.05, 3.63) is 59.9 Å². The average molecular weight is 368 g/mol. The number of carbonyl (C=O) groups is 2. The van der Waals surface area contributed by atoms with E-state index in [1.165, 1.54) is 11.1 Å². The van der Waals surface area contributed by atoms with Gasteiger partial charge in [0.1, 0.15) is 11.6 Å². The Bertz CT molecular complexity index is 915. The molecule has 0 aromatic heterocycles. The fourth-order valence-corrected chi connectivity index (χ4v) is 3.27. The van der Waals surface area contributed by atoms with E-state index in [1.807, 2.05) is 6.92 Å². The zero-order chi connectivity index (χ0) is 19.0. The highest BCUT2D eigenvalue weighted by Gasteiger charge is 2.54. The van der Waals surface area contributed by atoms with Gasteiger partial charge in [-0.15, -0.1) is 0 Å². The Hall–Kier alpha value is -3.29. The Balaban J connectivity index is 1.57. The number of hydrogen-bond donors (Lipinski definition) is 0. The van der Waals surface area contributed by atoms with Crippen molar-refractivity contribution >= 4 is 17.5 Å². The minimum Gasteiger partial charge on any atom is -0.494 e. The largest absolute Gasteiger partial charge is 0.494 e. The topological polar surface area (TPSA) is 74.6 Å². The Morgan fingerprint density at radius 1 is 1.07 bits per heavy atom. The first-order valence-corrected chi connectivity index (χ1v) is 8.61. The molecule has 2 atom stereocenters. The van der Waals surface area contributed by atoms with E-state index >= 15 is 0 Å². The van der Waals surface area contributed by atoms with Crippen molar-refractivity contribution in [2.45, 2.75) is 25.6 Å². The van der Waals surface area contributed by atoms with Crippen LogP contribution in [0.15, 0.2) is 58.9 Å². The molecule has 0 N–H and O–H groups in total. The summed E-state index contributed by atoms with van der Waals surface area (Å²) in [4.78, 5) is 26.7. The van der Waals surface area contributed by atoms with E-state index < -0.39 is 29.7 Å². The van der Waals surface area contributed by atoms with Crippen molar-refractivity contribution in [2.24, 2.45) is 10.3 Å². The molecular weight excluding hydrogens is 351 g/mol. The molecule has 0 aliphatic carbocycles. The molecule has 7 nitrogen and oxygen atoms in total. The molecule has 0 spiro atoms. The normalized spacial score (nSPS) is 21.1. The smallest absolute Gasteiger partial charge is 0.263 e. The van der Waals surface area contributed by atoms with E-state index in [-0.39, 0.29) is 6.54 Å². The molecule has 4 rings (SSSR count). The standard InChI is InChI=1S/C19H17FN4O3/c1-2-27-14-9-7-13(8-10-14)24-18(25)16-17(19(24)26)23(22-21-16)11-12-5-3-4-6-15(12)20/h3-10,16-17H,2,11H2,1H3/t16-,17-/m1/s1. The molecule has 0 unspecified atom stereocenters. The number of halogens is 1. The molecule has 0 saturated carbocycles. The number of nitrogens with zero attached hydrogens (tertiary/aromatic N) is 4. The van der Waals surface area contributed by atoms with Crippen LogP contribution in [0, 0.1) is 5.82 Å². The summed E-state index contributed by atoms with van der Waals surface area (Å²) in [6.45, 7) is 2.46. The van der Waals surface area contributed by atoms with Crippen molar-refractivity contribution in [1.82, 2.24) is 5.01 Å². The highest BCUT2D eigenvalue weighted by Crippen LogP contribution is 2.33. The lowest BCUT2D eigenvalue weighted by Crippen LogP contribution is -2.39. The van der Waals surface area contributed by atoms with Gasteiger partial charge in [-0.3, -0.25) is 14.6 Å². The van der Waals surface area contributed by atoms with Gasteiger partial charge in [0.05, 0.1) is 18.8 Å². The summed E-state index contributed by atoms with van der Waals surface area (Å²) in [5.41, 5.74) is 0.834. The molecule has 2 aromatic carbocycles. The molecule has 27 heavy (non-hydrogen) atoms. The van der Waals surface area contributed by atoms with Crippen LogP contribution in [0.1, 0.15) is 12.5 Å². The third-order valence-electron chi connectivity index (χ3n) is 4.55. The minimum absolute atomic E-state index is 0.0630. The molecule has 2 aliphatic rings. The van der Waals surface area contributed by atoms with Gasteiger partial charge < -0.3 is 4.74 Å². The molecule has 1 saturated heterocycles. The monoisotopic (exact) mass is 368 g/mol. The molecule has 0 radical (unpaired) electrons. The summed E-state index contributed by atoms with van der Waals surface area (Å²) >= 11 is 0. The molecule has 138 valence electrons. The second-order valence-electron chi connectivity index (χ2n) is 6.22. The van der Waals surface area contributed by atoms with Gasteiger partial charge in [-0.25, -0.2) is 9.29 Å². The average Bonchev–Trinajstić information content (AvgIpc) is 3.19. The van der Waals surface area contributed by atoms with Gasteiger partial charge in [0, 0.05) is 5.56 Å². The maximum absolute atomic E-state index is 13.9. The van der Waals surface area contributed by atoms with Crippen molar-refractivity contribution < 1.29 is 18.7 Å². The zero-order valence-electron chi connectivity index (χ0n) is 14.6. The van der Waals surface area contributed by atoms with Crippen LogP contribution in [0.4, 0.5) is 10.1 Å². The van der Waals surface area contributed by atoms with Gasteiger partial charge in [0.15, 0.2) is 12.1 Å². The highest BCUT2D eigenvalue weighted by atomic mass is 19.1. The zero-order valence-corrected chi connectivity index (χ0v) is 14.6. The Morgan fingerprint density at radius 3 is 2.52 bits per heavy atom. The summed E-state index contributed by atoms with van der Waals surface area (Å²) in [5.74, 6) is -0.595. The predicted molar refractivity (Wildman–Crippen MR) is 94.5 cm³/mol.